The molecule has 4 aromatic heterocycles. The van der Waals surface area contributed by atoms with Crippen LogP contribution in [-0.4, -0.2) is 42.3 Å². The van der Waals surface area contributed by atoms with E-state index in [4.69, 9.17) is 9.40 Å². The summed E-state index contributed by atoms with van der Waals surface area (Å²) in [5.41, 5.74) is 2.37. The third-order valence-electron chi connectivity index (χ3n) is 6.02. The van der Waals surface area contributed by atoms with Gasteiger partial charge in [-0.1, -0.05) is 30.3 Å². The van der Waals surface area contributed by atoms with Gasteiger partial charge in [-0.15, -0.1) is 0 Å². The van der Waals surface area contributed by atoms with Crippen LogP contribution < -0.4 is 0 Å². The SMILES string of the molecule is O=C(c1oc(-c2ccccn2)nc1C(F)F)N1CCc2[nH]cnc2[C@H]1c1ccc2ccccc2n1. The smallest absolute Gasteiger partial charge is 0.292 e. The number of imidazole rings is 1. The molecule has 0 unspecified atom stereocenters. The average Bonchev–Trinajstić information content (AvgIpc) is 3.56. The van der Waals surface area contributed by atoms with Crippen molar-refractivity contribution in [3.63, 3.8) is 0 Å². The molecule has 174 valence electrons. The second-order valence-electron chi connectivity index (χ2n) is 8.10. The number of benzene rings is 1. The Morgan fingerprint density at radius 3 is 2.74 bits per heavy atom. The number of H-pyrrole nitrogens is 1. The quantitative estimate of drug-likeness (QED) is 0.406. The maximum atomic E-state index is 13.9. The summed E-state index contributed by atoms with van der Waals surface area (Å²) in [5.74, 6) is -1.35. The zero-order valence-corrected chi connectivity index (χ0v) is 18.2. The molecule has 1 N–H and O–H groups in total. The molecule has 8 nitrogen and oxygen atoms in total. The number of amides is 1. The molecule has 1 aliphatic rings. The molecule has 1 aliphatic heterocycles. The molecule has 0 aliphatic carbocycles. The van der Waals surface area contributed by atoms with E-state index < -0.39 is 29.8 Å². The lowest BCUT2D eigenvalue weighted by atomic mass is 9.98. The molecule has 0 fully saturated rings. The summed E-state index contributed by atoms with van der Waals surface area (Å²) in [6.45, 7) is 0.259. The van der Waals surface area contributed by atoms with Crippen molar-refractivity contribution in [3.8, 4) is 11.6 Å². The van der Waals surface area contributed by atoms with Gasteiger partial charge in [0.25, 0.3) is 12.3 Å². The lowest BCUT2D eigenvalue weighted by Gasteiger charge is -2.34. The summed E-state index contributed by atoms with van der Waals surface area (Å²) in [6, 6.07) is 15.6. The minimum absolute atomic E-state index is 0.137. The number of carbonyl (C=O) groups is 1. The highest BCUT2D eigenvalue weighted by Gasteiger charge is 2.39. The number of oxazole rings is 1. The Kier molecular flexibility index (Phi) is 5.05. The fraction of sp³-hybridized carbons (Fsp3) is 0.160. The van der Waals surface area contributed by atoms with E-state index in [2.05, 4.69) is 19.9 Å². The highest BCUT2D eigenvalue weighted by Crippen LogP contribution is 2.36. The summed E-state index contributed by atoms with van der Waals surface area (Å²) < 4.78 is 33.5. The van der Waals surface area contributed by atoms with Gasteiger partial charge in [0.15, 0.2) is 5.69 Å². The third-order valence-corrected chi connectivity index (χ3v) is 6.02. The van der Waals surface area contributed by atoms with Gasteiger partial charge in [0, 0.05) is 30.2 Å². The van der Waals surface area contributed by atoms with E-state index in [1.807, 2.05) is 36.4 Å². The molecule has 5 aromatic rings. The Morgan fingerprint density at radius 2 is 1.91 bits per heavy atom. The molecule has 1 atom stereocenters. The van der Waals surface area contributed by atoms with Crippen LogP contribution in [0.1, 0.15) is 45.8 Å². The van der Waals surface area contributed by atoms with E-state index in [-0.39, 0.29) is 18.1 Å². The van der Waals surface area contributed by atoms with Gasteiger partial charge in [0.1, 0.15) is 11.7 Å². The molecule has 0 bridgehead atoms. The Bertz CT molecular complexity index is 1530. The number of nitrogens with one attached hydrogen (secondary N) is 1. The van der Waals surface area contributed by atoms with Crippen LogP contribution in [0.5, 0.6) is 0 Å². The first-order valence-corrected chi connectivity index (χ1v) is 11.0. The first-order chi connectivity index (χ1) is 17.1. The number of hydrogen-bond donors (Lipinski definition) is 1. The zero-order chi connectivity index (χ0) is 23.9. The Hall–Kier alpha value is -4.47. The number of rotatable bonds is 4. The average molecular weight is 472 g/mol. The molecular weight excluding hydrogens is 454 g/mol. The van der Waals surface area contributed by atoms with Crippen LogP contribution in [0.3, 0.4) is 0 Å². The summed E-state index contributed by atoms with van der Waals surface area (Å²) in [6.07, 6.45) is 0.536. The third kappa shape index (κ3) is 3.63. The molecule has 1 aromatic carbocycles. The molecule has 0 radical (unpaired) electrons. The first-order valence-electron chi connectivity index (χ1n) is 11.0. The van der Waals surface area contributed by atoms with Gasteiger partial charge in [0.05, 0.1) is 23.2 Å². The largest absolute Gasteiger partial charge is 0.429 e. The van der Waals surface area contributed by atoms with Gasteiger partial charge in [-0.05, 0) is 24.3 Å². The number of nitrogens with zero attached hydrogens (tertiary/aromatic N) is 5. The molecule has 6 rings (SSSR count). The monoisotopic (exact) mass is 472 g/mol. The standard InChI is InChI=1S/C25H18F2N6O2/c26-23(27)20-22(35-24(32-20)18-7-3-4-11-28-18)25(34)33-12-10-16-19(30-13-29-16)21(33)17-9-8-14-5-1-2-6-15(14)31-17/h1-9,11,13,21,23H,10,12H2,(H,29,30)/t21-/m1/s1. The van der Waals surface area contributed by atoms with Crippen LogP contribution in [0, 0.1) is 0 Å². The lowest BCUT2D eigenvalue weighted by Crippen LogP contribution is -2.41. The Balaban J connectivity index is 1.45. The van der Waals surface area contributed by atoms with Crippen molar-refractivity contribution in [2.24, 2.45) is 0 Å². The van der Waals surface area contributed by atoms with E-state index >= 15 is 0 Å². The number of pyridine rings is 2. The molecule has 0 saturated heterocycles. The molecular formula is C25H18F2N6O2. The van der Waals surface area contributed by atoms with Crippen LogP contribution in [0.4, 0.5) is 8.78 Å². The molecule has 5 heterocycles. The molecule has 0 saturated carbocycles. The van der Waals surface area contributed by atoms with Gasteiger partial charge >= 0.3 is 0 Å². The minimum Gasteiger partial charge on any atom is -0.429 e. The van der Waals surface area contributed by atoms with Crippen molar-refractivity contribution in [2.75, 3.05) is 6.54 Å². The van der Waals surface area contributed by atoms with E-state index in [9.17, 15) is 13.6 Å². The van der Waals surface area contributed by atoms with Gasteiger partial charge in [-0.2, -0.15) is 0 Å². The zero-order valence-electron chi connectivity index (χ0n) is 18.2. The predicted octanol–water partition coefficient (Wildman–Crippen LogP) is 4.73. The van der Waals surface area contributed by atoms with E-state index in [0.717, 1.165) is 16.6 Å². The normalized spacial score (nSPS) is 15.5. The molecule has 35 heavy (non-hydrogen) atoms. The number of halogens is 2. The lowest BCUT2D eigenvalue weighted by molar-refractivity contribution is 0.0640. The second-order valence-corrected chi connectivity index (χ2v) is 8.10. The Morgan fingerprint density at radius 1 is 1.06 bits per heavy atom. The molecule has 0 spiro atoms. The number of alkyl halides is 2. The van der Waals surface area contributed by atoms with Crippen LogP contribution in [0.25, 0.3) is 22.5 Å². The van der Waals surface area contributed by atoms with Crippen LogP contribution in [-0.2, 0) is 6.42 Å². The van der Waals surface area contributed by atoms with Gasteiger partial charge in [-0.3, -0.25) is 14.8 Å². The van der Waals surface area contributed by atoms with Crippen LogP contribution in [0.2, 0.25) is 0 Å². The second kappa shape index (κ2) is 8.39. The molecule has 10 heteroatoms. The first kappa shape index (κ1) is 21.1. The van der Waals surface area contributed by atoms with Crippen molar-refractivity contribution in [2.45, 2.75) is 18.9 Å². The van der Waals surface area contributed by atoms with Crippen molar-refractivity contribution in [1.82, 2.24) is 29.8 Å². The number of aromatic amines is 1. The summed E-state index contributed by atoms with van der Waals surface area (Å²) >= 11 is 0. The van der Waals surface area contributed by atoms with Gasteiger partial charge in [-0.25, -0.2) is 18.7 Å². The van der Waals surface area contributed by atoms with Crippen LogP contribution in [0.15, 0.2) is 71.5 Å². The predicted molar refractivity (Wildman–Crippen MR) is 122 cm³/mol. The highest BCUT2D eigenvalue weighted by atomic mass is 19.3. The van der Waals surface area contributed by atoms with Crippen molar-refractivity contribution in [3.05, 3.63) is 95.7 Å². The fourth-order valence-electron chi connectivity index (χ4n) is 4.39. The topological polar surface area (TPSA) is 101 Å². The van der Waals surface area contributed by atoms with Crippen molar-refractivity contribution >= 4 is 16.8 Å². The maximum absolute atomic E-state index is 13.9. The summed E-state index contributed by atoms with van der Waals surface area (Å²) in [4.78, 5) is 35.5. The van der Waals surface area contributed by atoms with E-state index in [0.29, 0.717) is 17.8 Å². The van der Waals surface area contributed by atoms with Crippen molar-refractivity contribution in [1.29, 1.82) is 0 Å². The Labute approximate surface area is 197 Å². The van der Waals surface area contributed by atoms with E-state index in [1.54, 1.807) is 24.5 Å². The van der Waals surface area contributed by atoms with Gasteiger partial charge < -0.3 is 14.3 Å². The number of hydrogen-bond acceptors (Lipinski definition) is 6. The number of para-hydroxylation sites is 1. The summed E-state index contributed by atoms with van der Waals surface area (Å²) in [7, 11) is 0. The van der Waals surface area contributed by atoms with Gasteiger partial charge in [0.2, 0.25) is 11.7 Å². The number of fused-ring (bicyclic) bond motifs is 2. The van der Waals surface area contributed by atoms with E-state index in [1.165, 1.54) is 11.1 Å². The number of aromatic nitrogens is 5. The van der Waals surface area contributed by atoms with Crippen molar-refractivity contribution < 1.29 is 18.0 Å². The summed E-state index contributed by atoms with van der Waals surface area (Å²) in [5, 5.41) is 0.947. The fourth-order valence-corrected chi connectivity index (χ4v) is 4.39. The highest BCUT2D eigenvalue weighted by molar-refractivity contribution is 5.94. The molecule has 1 amide bonds. The van der Waals surface area contributed by atoms with Crippen LogP contribution >= 0.6 is 0 Å². The minimum atomic E-state index is -3.00. The number of carbonyl (C=O) groups excluding carboxylic acids is 1. The maximum Gasteiger partial charge on any atom is 0.292 e.